The van der Waals surface area contributed by atoms with E-state index < -0.39 is 0 Å². The third kappa shape index (κ3) is 3.98. The van der Waals surface area contributed by atoms with Crippen molar-refractivity contribution in [1.82, 2.24) is 5.32 Å². The summed E-state index contributed by atoms with van der Waals surface area (Å²) < 4.78 is 13.9. The molecule has 18 heavy (non-hydrogen) atoms. The maximum Gasteiger partial charge on any atom is 0.188 e. The van der Waals surface area contributed by atoms with Gasteiger partial charge in [0.05, 0.1) is 6.54 Å². The minimum atomic E-state index is -0.268. The minimum Gasteiger partial charge on any atom is -0.370 e. The highest BCUT2D eigenvalue weighted by Gasteiger charge is 2.16. The van der Waals surface area contributed by atoms with Gasteiger partial charge >= 0.3 is 0 Å². The lowest BCUT2D eigenvalue weighted by Gasteiger charge is -2.25. The van der Waals surface area contributed by atoms with E-state index in [-0.39, 0.29) is 5.82 Å². The minimum absolute atomic E-state index is 0.268. The van der Waals surface area contributed by atoms with Gasteiger partial charge in [-0.2, -0.15) is 0 Å². The summed E-state index contributed by atoms with van der Waals surface area (Å²) in [5, 5.41) is 3.11. The fraction of sp³-hybridized carbons (Fsp3) is 0.462. The van der Waals surface area contributed by atoms with Crippen LogP contribution in [0.4, 0.5) is 4.39 Å². The number of nitrogens with two attached hydrogens (primary N) is 1. The maximum absolute atomic E-state index is 13.1. The molecule has 5 heteroatoms. The fourth-order valence-electron chi connectivity index (χ4n) is 1.88. The number of benzene rings is 1. The zero-order chi connectivity index (χ0) is 13.0. The number of nitrogens with one attached hydrogen (secondary N) is 1. The number of hydrogen-bond acceptors (Lipinski definition) is 1. The smallest absolute Gasteiger partial charge is 0.188 e. The quantitative estimate of drug-likeness (QED) is 0.663. The molecule has 0 spiro atoms. The molecule has 1 aromatic rings. The first-order valence-corrected chi connectivity index (χ1v) is 6.91. The Hall–Kier alpha value is -1.10. The third-order valence-corrected chi connectivity index (χ3v) is 3.61. The van der Waals surface area contributed by atoms with Gasteiger partial charge in [0, 0.05) is 11.0 Å². The molecule has 1 aliphatic rings. The summed E-state index contributed by atoms with van der Waals surface area (Å²) in [6.45, 7) is 1.28. The Morgan fingerprint density at radius 3 is 2.83 bits per heavy atom. The van der Waals surface area contributed by atoms with E-state index in [1.54, 1.807) is 0 Å². The van der Waals surface area contributed by atoms with Gasteiger partial charge in [0.2, 0.25) is 0 Å². The monoisotopic (exact) mass is 313 g/mol. The first kappa shape index (κ1) is 13.3. The molecule has 0 aromatic heterocycles. The van der Waals surface area contributed by atoms with Gasteiger partial charge in [-0.15, -0.1) is 0 Å². The summed E-state index contributed by atoms with van der Waals surface area (Å²) >= 11 is 3.25. The van der Waals surface area contributed by atoms with E-state index in [1.807, 2.05) is 6.07 Å². The number of rotatable bonds is 4. The van der Waals surface area contributed by atoms with Gasteiger partial charge in [0.1, 0.15) is 5.82 Å². The fourth-order valence-corrected chi connectivity index (χ4v) is 2.39. The highest BCUT2D eigenvalue weighted by Crippen LogP contribution is 2.25. The number of hydrogen-bond donors (Lipinski definition) is 2. The maximum atomic E-state index is 13.1. The van der Waals surface area contributed by atoms with Crippen LogP contribution in [0.3, 0.4) is 0 Å². The summed E-state index contributed by atoms with van der Waals surface area (Å²) in [7, 11) is 0. The Balaban J connectivity index is 1.84. The lowest BCUT2D eigenvalue weighted by molar-refractivity contribution is 0.315. The van der Waals surface area contributed by atoms with Gasteiger partial charge in [-0.1, -0.05) is 22.4 Å². The first-order valence-electron chi connectivity index (χ1n) is 6.12. The van der Waals surface area contributed by atoms with Crippen molar-refractivity contribution in [2.24, 2.45) is 16.6 Å². The highest BCUT2D eigenvalue weighted by molar-refractivity contribution is 9.10. The van der Waals surface area contributed by atoms with Crippen molar-refractivity contribution < 1.29 is 4.39 Å². The zero-order valence-electron chi connectivity index (χ0n) is 10.1. The van der Waals surface area contributed by atoms with Crippen molar-refractivity contribution in [1.29, 1.82) is 0 Å². The summed E-state index contributed by atoms with van der Waals surface area (Å²) in [5.41, 5.74) is 6.56. The van der Waals surface area contributed by atoms with Gasteiger partial charge in [0.15, 0.2) is 5.96 Å². The van der Waals surface area contributed by atoms with Gasteiger partial charge in [-0.05, 0) is 42.5 Å². The van der Waals surface area contributed by atoms with Gasteiger partial charge < -0.3 is 11.1 Å². The van der Waals surface area contributed by atoms with Gasteiger partial charge in [-0.25, -0.2) is 9.38 Å². The van der Waals surface area contributed by atoms with E-state index in [9.17, 15) is 4.39 Å². The van der Waals surface area contributed by atoms with E-state index in [0.717, 1.165) is 18.0 Å². The van der Waals surface area contributed by atoms with Crippen LogP contribution in [0.5, 0.6) is 0 Å². The van der Waals surface area contributed by atoms with Crippen LogP contribution in [0.15, 0.2) is 27.7 Å². The first-order chi connectivity index (χ1) is 8.63. The lowest BCUT2D eigenvalue weighted by Crippen LogP contribution is -2.37. The molecule has 3 N–H and O–H groups in total. The lowest BCUT2D eigenvalue weighted by atomic mass is 9.85. The second-order valence-electron chi connectivity index (χ2n) is 4.66. The van der Waals surface area contributed by atoms with Crippen LogP contribution >= 0.6 is 15.9 Å². The van der Waals surface area contributed by atoms with Crippen LogP contribution < -0.4 is 11.1 Å². The molecule has 2 rings (SSSR count). The molecule has 0 heterocycles. The largest absolute Gasteiger partial charge is 0.370 e. The molecule has 1 aliphatic carbocycles. The van der Waals surface area contributed by atoms with Crippen LogP contribution in [0.1, 0.15) is 24.8 Å². The second kappa shape index (κ2) is 6.18. The Labute approximate surface area is 115 Å². The topological polar surface area (TPSA) is 50.4 Å². The van der Waals surface area contributed by atoms with Crippen LogP contribution in [-0.4, -0.2) is 12.5 Å². The van der Waals surface area contributed by atoms with Gasteiger partial charge in [-0.3, -0.25) is 0 Å². The Morgan fingerprint density at radius 2 is 2.22 bits per heavy atom. The van der Waals surface area contributed by atoms with Crippen molar-refractivity contribution in [3.63, 3.8) is 0 Å². The Morgan fingerprint density at radius 1 is 1.44 bits per heavy atom. The van der Waals surface area contributed by atoms with Crippen LogP contribution in [0.25, 0.3) is 0 Å². The summed E-state index contributed by atoms with van der Waals surface area (Å²) in [6, 6.07) is 4.73. The van der Waals surface area contributed by atoms with E-state index in [4.69, 9.17) is 5.73 Å². The molecule has 0 unspecified atom stereocenters. The number of guanidine groups is 1. The SMILES string of the molecule is NC(=NCc1cc(F)cc(Br)c1)NCC1CCC1. The average molecular weight is 314 g/mol. The Bertz CT molecular complexity index is 424. The van der Waals surface area contributed by atoms with Crippen LogP contribution in [-0.2, 0) is 6.54 Å². The predicted molar refractivity (Wildman–Crippen MR) is 74.8 cm³/mol. The van der Waals surface area contributed by atoms with E-state index in [0.29, 0.717) is 17.0 Å². The number of nitrogens with zero attached hydrogens (tertiary/aromatic N) is 1. The molecule has 98 valence electrons. The molecular formula is C13H17BrFN3. The van der Waals surface area contributed by atoms with Crippen LogP contribution in [0, 0.1) is 11.7 Å². The average Bonchev–Trinajstić information content (AvgIpc) is 2.23. The molecule has 0 radical (unpaired) electrons. The van der Waals surface area contributed by atoms with E-state index >= 15 is 0 Å². The molecule has 0 saturated heterocycles. The highest BCUT2D eigenvalue weighted by atomic mass is 79.9. The molecule has 0 amide bonds. The van der Waals surface area contributed by atoms with Crippen molar-refractivity contribution in [3.05, 3.63) is 34.1 Å². The summed E-state index contributed by atoms with van der Waals surface area (Å²) in [5.74, 6) is 0.903. The van der Waals surface area contributed by atoms with Crippen LogP contribution in [0.2, 0.25) is 0 Å². The standard InChI is InChI=1S/C13H17BrFN3/c14-11-4-10(5-12(15)6-11)8-18-13(16)17-7-9-2-1-3-9/h4-6,9H,1-3,7-8H2,(H3,16,17,18). The summed E-state index contributed by atoms with van der Waals surface area (Å²) in [6.07, 6.45) is 3.87. The van der Waals surface area contributed by atoms with Gasteiger partial charge in [0.25, 0.3) is 0 Å². The van der Waals surface area contributed by atoms with Crippen molar-refractivity contribution in [2.75, 3.05) is 6.54 Å². The third-order valence-electron chi connectivity index (χ3n) is 3.15. The number of aliphatic imine (C=N–C) groups is 1. The normalized spacial score (nSPS) is 16.4. The zero-order valence-corrected chi connectivity index (χ0v) is 11.7. The molecule has 0 bridgehead atoms. The van der Waals surface area contributed by atoms with Crippen molar-refractivity contribution in [2.45, 2.75) is 25.8 Å². The predicted octanol–water partition coefficient (Wildman–Crippen LogP) is 2.79. The molecule has 3 nitrogen and oxygen atoms in total. The molecule has 1 saturated carbocycles. The van der Waals surface area contributed by atoms with E-state index in [1.165, 1.54) is 31.4 Å². The van der Waals surface area contributed by atoms with Crippen molar-refractivity contribution in [3.8, 4) is 0 Å². The van der Waals surface area contributed by atoms with Crippen molar-refractivity contribution >= 4 is 21.9 Å². The molecule has 0 aliphatic heterocycles. The van der Waals surface area contributed by atoms with E-state index in [2.05, 4.69) is 26.2 Å². The second-order valence-corrected chi connectivity index (χ2v) is 5.57. The molecule has 1 fully saturated rings. The number of halogens is 2. The Kier molecular flexibility index (Phi) is 4.58. The molecule has 0 atom stereocenters. The molecule has 1 aromatic carbocycles. The summed E-state index contributed by atoms with van der Waals surface area (Å²) in [4.78, 5) is 4.20. The molecular weight excluding hydrogens is 297 g/mol.